The third-order valence-electron chi connectivity index (χ3n) is 3.33. The molecule has 0 aliphatic carbocycles. The Morgan fingerprint density at radius 1 is 1.20 bits per heavy atom. The molecule has 0 bridgehead atoms. The minimum absolute atomic E-state index is 0.163. The molecule has 3 N–H and O–H groups in total. The van der Waals surface area contributed by atoms with Gasteiger partial charge in [0, 0.05) is 9.75 Å². The lowest BCUT2D eigenvalue weighted by atomic mass is 10.0. The van der Waals surface area contributed by atoms with Crippen molar-refractivity contribution in [1.29, 1.82) is 0 Å². The highest BCUT2D eigenvalue weighted by Gasteiger charge is 2.15. The molecule has 0 saturated carbocycles. The molecule has 1 aromatic carbocycles. The minimum Gasteiger partial charge on any atom is -0.306 e. The third-order valence-corrected chi connectivity index (χ3v) is 4.39. The number of aryl methyl sites for hydroxylation is 1. The molecule has 3 rings (SSSR count). The average Bonchev–Trinajstić information content (AvgIpc) is 3.00. The van der Waals surface area contributed by atoms with Crippen LogP contribution in [0.2, 0.25) is 0 Å². The summed E-state index contributed by atoms with van der Waals surface area (Å²) in [4.78, 5) is 19.5. The first kappa shape index (κ1) is 13.1. The first-order valence-corrected chi connectivity index (χ1v) is 7.50. The second kappa shape index (κ2) is 5.26. The number of imidazole rings is 1. The van der Waals surface area contributed by atoms with Gasteiger partial charge in [0.15, 0.2) is 0 Å². The summed E-state index contributed by atoms with van der Waals surface area (Å²) in [6.07, 6.45) is 0. The van der Waals surface area contributed by atoms with Crippen molar-refractivity contribution in [2.45, 2.75) is 19.9 Å². The molecule has 104 valence electrons. The number of fused-ring (bicyclic) bond motifs is 1. The lowest BCUT2D eigenvalue weighted by Crippen LogP contribution is -2.21. The largest absolute Gasteiger partial charge is 0.323 e. The first-order chi connectivity index (χ1) is 9.67. The van der Waals surface area contributed by atoms with Gasteiger partial charge in [0.25, 0.3) is 0 Å². The van der Waals surface area contributed by atoms with E-state index in [1.807, 2.05) is 12.1 Å². The number of benzene rings is 1. The molecule has 2 heterocycles. The summed E-state index contributed by atoms with van der Waals surface area (Å²) < 4.78 is 0. The smallest absolute Gasteiger partial charge is 0.306 e. The van der Waals surface area contributed by atoms with E-state index in [1.54, 1.807) is 11.3 Å². The molecule has 5 heteroatoms. The zero-order valence-electron chi connectivity index (χ0n) is 11.5. The van der Waals surface area contributed by atoms with Gasteiger partial charge < -0.3 is 15.3 Å². The molecule has 0 amide bonds. The Kier molecular flexibility index (Phi) is 3.46. The summed E-state index contributed by atoms with van der Waals surface area (Å²) >= 11 is 1.80. The van der Waals surface area contributed by atoms with E-state index in [0.29, 0.717) is 0 Å². The van der Waals surface area contributed by atoms with E-state index >= 15 is 0 Å². The van der Waals surface area contributed by atoms with E-state index < -0.39 is 0 Å². The minimum atomic E-state index is -0.163. The number of aromatic amines is 2. The normalized spacial score (nSPS) is 12.9. The summed E-state index contributed by atoms with van der Waals surface area (Å²) in [5.74, 6) is 0. The predicted molar refractivity (Wildman–Crippen MR) is 83.5 cm³/mol. The summed E-state index contributed by atoms with van der Waals surface area (Å²) in [7, 11) is 0. The summed E-state index contributed by atoms with van der Waals surface area (Å²) in [6.45, 7) is 5.11. The van der Waals surface area contributed by atoms with Gasteiger partial charge in [0.2, 0.25) is 0 Å². The first-order valence-electron chi connectivity index (χ1n) is 6.69. The monoisotopic (exact) mass is 287 g/mol. The maximum atomic E-state index is 11.3. The van der Waals surface area contributed by atoms with Crippen molar-refractivity contribution in [2.24, 2.45) is 0 Å². The number of rotatable bonds is 4. The second-order valence-electron chi connectivity index (χ2n) is 4.82. The number of aromatic nitrogens is 2. The highest BCUT2D eigenvalue weighted by Crippen LogP contribution is 2.29. The fourth-order valence-electron chi connectivity index (χ4n) is 2.43. The highest BCUT2D eigenvalue weighted by molar-refractivity contribution is 7.12. The van der Waals surface area contributed by atoms with Crippen molar-refractivity contribution in [3.8, 4) is 0 Å². The van der Waals surface area contributed by atoms with Gasteiger partial charge in [-0.05, 0) is 43.3 Å². The molecule has 1 unspecified atom stereocenters. The van der Waals surface area contributed by atoms with Gasteiger partial charge in [-0.3, -0.25) is 0 Å². The number of nitrogens with one attached hydrogen (secondary N) is 3. The van der Waals surface area contributed by atoms with Gasteiger partial charge in [0.1, 0.15) is 0 Å². The van der Waals surface area contributed by atoms with Crippen LogP contribution in [0.25, 0.3) is 11.0 Å². The van der Waals surface area contributed by atoms with Crippen molar-refractivity contribution in [3.05, 3.63) is 56.1 Å². The molecule has 1 atom stereocenters. The molecule has 0 aliphatic heterocycles. The van der Waals surface area contributed by atoms with E-state index in [-0.39, 0.29) is 11.7 Å². The number of H-pyrrole nitrogens is 2. The lowest BCUT2D eigenvalue weighted by molar-refractivity contribution is 0.640. The maximum absolute atomic E-state index is 11.3. The highest BCUT2D eigenvalue weighted by atomic mass is 32.1. The number of thiophene rings is 1. The van der Waals surface area contributed by atoms with Gasteiger partial charge in [-0.2, -0.15) is 0 Å². The van der Waals surface area contributed by atoms with Gasteiger partial charge >= 0.3 is 5.69 Å². The van der Waals surface area contributed by atoms with Gasteiger partial charge in [-0.15, -0.1) is 11.3 Å². The van der Waals surface area contributed by atoms with Crippen LogP contribution in [0.4, 0.5) is 0 Å². The third kappa shape index (κ3) is 2.42. The van der Waals surface area contributed by atoms with Crippen LogP contribution in [0.3, 0.4) is 0 Å². The van der Waals surface area contributed by atoms with Crippen molar-refractivity contribution in [3.63, 3.8) is 0 Å². The molecular formula is C15H17N3OS. The van der Waals surface area contributed by atoms with Crippen LogP contribution in [0.1, 0.15) is 28.3 Å². The number of hydrogen-bond donors (Lipinski definition) is 3. The molecule has 0 aliphatic rings. The van der Waals surface area contributed by atoms with Crippen molar-refractivity contribution in [1.82, 2.24) is 15.3 Å². The predicted octanol–water partition coefficient (Wildman–Crippen LogP) is 2.93. The van der Waals surface area contributed by atoms with Crippen LogP contribution < -0.4 is 11.0 Å². The summed E-state index contributed by atoms with van der Waals surface area (Å²) in [6, 6.07) is 10.5. The van der Waals surface area contributed by atoms with Crippen molar-refractivity contribution in [2.75, 3.05) is 6.54 Å². The van der Waals surface area contributed by atoms with Crippen LogP contribution >= 0.6 is 11.3 Å². The Morgan fingerprint density at radius 2 is 2.00 bits per heavy atom. The van der Waals surface area contributed by atoms with E-state index in [9.17, 15) is 4.79 Å². The molecule has 0 spiro atoms. The Balaban J connectivity index is 2.06. The SMILES string of the molecule is CCNC(c1ccc2[nH]c(=O)[nH]c2c1)c1ccc(C)s1. The quantitative estimate of drug-likeness (QED) is 0.691. The lowest BCUT2D eigenvalue weighted by Gasteiger charge is -2.17. The van der Waals surface area contributed by atoms with Gasteiger partial charge in [0.05, 0.1) is 17.1 Å². The van der Waals surface area contributed by atoms with E-state index in [4.69, 9.17) is 0 Å². The molecule has 0 fully saturated rings. The van der Waals surface area contributed by atoms with Crippen molar-refractivity contribution >= 4 is 22.4 Å². The molecule has 20 heavy (non-hydrogen) atoms. The summed E-state index contributed by atoms with van der Waals surface area (Å²) in [5.41, 5.74) is 2.70. The fraction of sp³-hybridized carbons (Fsp3) is 0.267. The molecular weight excluding hydrogens is 270 g/mol. The summed E-state index contributed by atoms with van der Waals surface area (Å²) in [5, 5.41) is 3.51. The van der Waals surface area contributed by atoms with Crippen LogP contribution in [0.15, 0.2) is 35.1 Å². The van der Waals surface area contributed by atoms with Crippen LogP contribution in [-0.4, -0.2) is 16.5 Å². The van der Waals surface area contributed by atoms with Crippen LogP contribution in [0, 0.1) is 6.92 Å². The van der Waals surface area contributed by atoms with Gasteiger partial charge in [-0.25, -0.2) is 4.79 Å². The van der Waals surface area contributed by atoms with Crippen molar-refractivity contribution < 1.29 is 0 Å². The average molecular weight is 287 g/mol. The molecule has 4 nitrogen and oxygen atoms in total. The Bertz CT molecular complexity index is 784. The Labute approximate surface area is 120 Å². The van der Waals surface area contributed by atoms with Crippen LogP contribution in [0.5, 0.6) is 0 Å². The molecule has 0 radical (unpaired) electrons. The van der Waals surface area contributed by atoms with E-state index in [2.05, 4.69) is 47.3 Å². The molecule has 2 aromatic heterocycles. The van der Waals surface area contributed by atoms with Gasteiger partial charge in [-0.1, -0.05) is 13.0 Å². The van der Waals surface area contributed by atoms with Crippen LogP contribution in [-0.2, 0) is 0 Å². The number of hydrogen-bond acceptors (Lipinski definition) is 3. The van der Waals surface area contributed by atoms with E-state index in [1.165, 1.54) is 9.75 Å². The maximum Gasteiger partial charge on any atom is 0.323 e. The Morgan fingerprint density at radius 3 is 2.70 bits per heavy atom. The van der Waals surface area contributed by atoms with E-state index in [0.717, 1.165) is 23.1 Å². The molecule has 0 saturated heterocycles. The second-order valence-corrected chi connectivity index (χ2v) is 6.14. The fourth-order valence-corrected chi connectivity index (χ4v) is 3.41. The Hall–Kier alpha value is -1.85. The zero-order valence-corrected chi connectivity index (χ0v) is 12.3. The molecule has 3 aromatic rings. The topological polar surface area (TPSA) is 60.7 Å². The zero-order chi connectivity index (χ0) is 14.1. The standard InChI is InChI=1S/C15H17N3OS/c1-3-16-14(13-7-4-9(2)20-13)10-5-6-11-12(8-10)18-15(19)17-11/h4-8,14,16H,3H2,1-2H3,(H2,17,18,19).